The van der Waals surface area contributed by atoms with Crippen LogP contribution in [-0.2, 0) is 5.75 Å². The molecule has 2 aromatic rings. The molecule has 0 bridgehead atoms. The van der Waals surface area contributed by atoms with Crippen LogP contribution in [0.4, 0.5) is 0 Å². The lowest BCUT2D eigenvalue weighted by molar-refractivity contribution is 0.806. The third kappa shape index (κ3) is 2.31. The number of hydrogen-bond acceptors (Lipinski definition) is 5. The van der Waals surface area contributed by atoms with E-state index < -0.39 is 11.2 Å². The van der Waals surface area contributed by atoms with Gasteiger partial charge in [-0.25, -0.2) is 9.89 Å². The molecule has 4 N–H and O–H groups in total. The van der Waals surface area contributed by atoms with Gasteiger partial charge in [0, 0.05) is 17.5 Å². The Morgan fingerprint density at radius 2 is 2.06 bits per heavy atom. The van der Waals surface area contributed by atoms with E-state index in [0.29, 0.717) is 11.4 Å². The SMILES string of the molecule is O=c1cc(CSc2n[nH]c(=O)[nH]c2=O)[nH][nH]1. The van der Waals surface area contributed by atoms with E-state index in [2.05, 4.69) is 25.4 Å². The van der Waals surface area contributed by atoms with Crippen molar-refractivity contribution < 1.29 is 0 Å². The standard InChI is InChI=1S/C7H7N5O3S/c13-4-1-3(9-10-4)2-16-6-5(14)8-7(15)12-11-6/h1H,2H2,(H2,9,10,13)(H2,8,12,14,15). The zero-order valence-corrected chi connectivity index (χ0v) is 8.68. The van der Waals surface area contributed by atoms with Gasteiger partial charge in [0.2, 0.25) is 0 Å². The highest BCUT2D eigenvalue weighted by atomic mass is 32.2. The van der Waals surface area contributed by atoms with Gasteiger partial charge in [0.15, 0.2) is 5.03 Å². The van der Waals surface area contributed by atoms with Crippen LogP contribution in [0.2, 0.25) is 0 Å². The Hall–Kier alpha value is -2.03. The third-order valence-corrected chi connectivity index (χ3v) is 2.70. The normalized spacial score (nSPS) is 10.5. The van der Waals surface area contributed by atoms with Crippen LogP contribution in [-0.4, -0.2) is 25.4 Å². The molecule has 2 rings (SSSR count). The molecule has 84 valence electrons. The summed E-state index contributed by atoms with van der Waals surface area (Å²) in [6, 6.07) is 1.38. The number of nitrogens with zero attached hydrogens (tertiary/aromatic N) is 1. The second-order valence-electron chi connectivity index (χ2n) is 2.88. The molecule has 0 aromatic carbocycles. The summed E-state index contributed by atoms with van der Waals surface area (Å²) in [5.74, 6) is 0.376. The fourth-order valence-electron chi connectivity index (χ4n) is 1.03. The van der Waals surface area contributed by atoms with Crippen molar-refractivity contribution in [1.29, 1.82) is 0 Å². The minimum Gasteiger partial charge on any atom is -0.301 e. The zero-order valence-electron chi connectivity index (χ0n) is 7.86. The van der Waals surface area contributed by atoms with E-state index in [0.717, 1.165) is 11.8 Å². The van der Waals surface area contributed by atoms with Gasteiger partial charge in [0.25, 0.3) is 11.1 Å². The van der Waals surface area contributed by atoms with Crippen LogP contribution < -0.4 is 16.8 Å². The van der Waals surface area contributed by atoms with E-state index in [1.54, 1.807) is 0 Å². The molecule has 0 saturated carbocycles. The first-order chi connectivity index (χ1) is 7.65. The molecular formula is C7H7N5O3S. The minimum absolute atomic E-state index is 0.140. The van der Waals surface area contributed by atoms with Gasteiger partial charge >= 0.3 is 5.69 Å². The lowest BCUT2D eigenvalue weighted by Crippen LogP contribution is -2.24. The van der Waals surface area contributed by atoms with Crippen molar-refractivity contribution in [3.63, 3.8) is 0 Å². The van der Waals surface area contributed by atoms with E-state index in [9.17, 15) is 14.4 Å². The number of aromatic amines is 4. The molecule has 0 amide bonds. The van der Waals surface area contributed by atoms with Crippen LogP contribution >= 0.6 is 11.8 Å². The fourth-order valence-corrected chi connectivity index (χ4v) is 1.77. The zero-order chi connectivity index (χ0) is 11.5. The lowest BCUT2D eigenvalue weighted by atomic mass is 10.5. The maximum absolute atomic E-state index is 11.2. The Morgan fingerprint density at radius 1 is 1.25 bits per heavy atom. The highest BCUT2D eigenvalue weighted by Gasteiger charge is 2.04. The predicted molar refractivity (Wildman–Crippen MR) is 56.5 cm³/mol. The number of thioether (sulfide) groups is 1. The first-order valence-corrected chi connectivity index (χ1v) is 5.22. The summed E-state index contributed by atoms with van der Waals surface area (Å²) in [7, 11) is 0. The van der Waals surface area contributed by atoms with Crippen molar-refractivity contribution in [2.24, 2.45) is 0 Å². The molecule has 0 atom stereocenters. The van der Waals surface area contributed by atoms with E-state index in [1.165, 1.54) is 6.07 Å². The summed E-state index contributed by atoms with van der Waals surface area (Å²) >= 11 is 1.11. The number of rotatable bonds is 3. The number of nitrogens with one attached hydrogen (secondary N) is 4. The van der Waals surface area contributed by atoms with Gasteiger partial charge in [0.1, 0.15) is 0 Å². The molecule has 8 nitrogen and oxygen atoms in total. The Balaban J connectivity index is 2.13. The quantitative estimate of drug-likeness (QED) is 0.500. The van der Waals surface area contributed by atoms with Crippen LogP contribution in [0.1, 0.15) is 5.69 Å². The van der Waals surface area contributed by atoms with E-state index in [1.807, 2.05) is 0 Å². The Kier molecular flexibility index (Phi) is 2.77. The van der Waals surface area contributed by atoms with Crippen LogP contribution in [0.15, 0.2) is 25.5 Å². The highest BCUT2D eigenvalue weighted by molar-refractivity contribution is 7.98. The molecule has 0 spiro atoms. The topological polar surface area (TPSA) is 127 Å². The van der Waals surface area contributed by atoms with E-state index >= 15 is 0 Å². The molecule has 0 aliphatic carbocycles. The van der Waals surface area contributed by atoms with Gasteiger partial charge in [-0.3, -0.25) is 19.7 Å². The highest BCUT2D eigenvalue weighted by Crippen LogP contribution is 2.13. The van der Waals surface area contributed by atoms with Gasteiger partial charge in [-0.1, -0.05) is 11.8 Å². The fraction of sp³-hybridized carbons (Fsp3) is 0.143. The second-order valence-corrected chi connectivity index (χ2v) is 3.85. The van der Waals surface area contributed by atoms with Gasteiger partial charge in [0.05, 0.1) is 0 Å². The summed E-state index contributed by atoms with van der Waals surface area (Å²) in [5.41, 5.74) is -0.794. The summed E-state index contributed by atoms with van der Waals surface area (Å²) in [6.07, 6.45) is 0. The maximum Gasteiger partial charge on any atom is 0.342 e. The largest absolute Gasteiger partial charge is 0.342 e. The van der Waals surface area contributed by atoms with Crippen LogP contribution in [0.25, 0.3) is 0 Å². The Bertz CT molecular complexity index is 651. The maximum atomic E-state index is 11.2. The summed E-state index contributed by atoms with van der Waals surface area (Å²) in [6.45, 7) is 0. The molecule has 0 aliphatic rings. The number of aromatic nitrogens is 5. The van der Waals surface area contributed by atoms with Crippen LogP contribution in [0.5, 0.6) is 0 Å². The Morgan fingerprint density at radius 3 is 2.69 bits per heavy atom. The second kappa shape index (κ2) is 4.23. The number of hydrogen-bond donors (Lipinski definition) is 4. The van der Waals surface area contributed by atoms with Gasteiger partial charge in [-0.2, -0.15) is 5.10 Å². The molecule has 0 unspecified atom stereocenters. The average molecular weight is 241 g/mol. The summed E-state index contributed by atoms with van der Waals surface area (Å²) in [4.78, 5) is 34.7. The van der Waals surface area contributed by atoms with Gasteiger partial charge in [-0.05, 0) is 0 Å². The predicted octanol–water partition coefficient (Wildman–Crippen LogP) is -1.23. The van der Waals surface area contributed by atoms with Crippen molar-refractivity contribution in [3.05, 3.63) is 43.0 Å². The molecule has 0 fully saturated rings. The molecule has 0 radical (unpaired) electrons. The van der Waals surface area contributed by atoms with Crippen LogP contribution in [0, 0.1) is 0 Å². The summed E-state index contributed by atoms with van der Waals surface area (Å²) in [5, 5.41) is 10.8. The molecular weight excluding hydrogens is 234 g/mol. The van der Waals surface area contributed by atoms with Crippen molar-refractivity contribution in [1.82, 2.24) is 25.4 Å². The van der Waals surface area contributed by atoms with Crippen molar-refractivity contribution in [3.8, 4) is 0 Å². The smallest absolute Gasteiger partial charge is 0.301 e. The number of H-pyrrole nitrogens is 4. The van der Waals surface area contributed by atoms with Gasteiger partial charge < -0.3 is 5.10 Å². The molecule has 2 aromatic heterocycles. The average Bonchev–Trinajstić information content (AvgIpc) is 2.63. The van der Waals surface area contributed by atoms with E-state index in [4.69, 9.17) is 0 Å². The first kappa shape index (κ1) is 10.5. The minimum atomic E-state index is -0.649. The molecule has 2 heterocycles. The molecule has 0 aliphatic heterocycles. The van der Waals surface area contributed by atoms with E-state index in [-0.39, 0.29) is 10.6 Å². The lowest BCUT2D eigenvalue weighted by Gasteiger charge is -1.95. The van der Waals surface area contributed by atoms with Crippen molar-refractivity contribution in [2.45, 2.75) is 10.8 Å². The Labute approximate surface area is 91.5 Å². The monoisotopic (exact) mass is 241 g/mol. The van der Waals surface area contributed by atoms with Crippen molar-refractivity contribution in [2.75, 3.05) is 0 Å². The van der Waals surface area contributed by atoms with Crippen LogP contribution in [0.3, 0.4) is 0 Å². The molecule has 9 heteroatoms. The first-order valence-electron chi connectivity index (χ1n) is 4.23. The third-order valence-electron chi connectivity index (χ3n) is 1.70. The van der Waals surface area contributed by atoms with Gasteiger partial charge in [-0.15, -0.1) is 0 Å². The molecule has 16 heavy (non-hydrogen) atoms. The van der Waals surface area contributed by atoms with Crippen molar-refractivity contribution >= 4 is 11.8 Å². The summed E-state index contributed by atoms with van der Waals surface area (Å²) < 4.78 is 0. The molecule has 0 saturated heterocycles.